The molecule has 102 valence electrons. The Labute approximate surface area is 115 Å². The zero-order valence-electron chi connectivity index (χ0n) is 11.2. The van der Waals surface area contributed by atoms with Crippen molar-refractivity contribution < 1.29 is 9.15 Å². The van der Waals surface area contributed by atoms with Gasteiger partial charge >= 0.3 is 6.01 Å². The molecule has 0 spiro atoms. The maximum Gasteiger partial charge on any atom is 0.322 e. The molecule has 0 aliphatic rings. The highest BCUT2D eigenvalue weighted by atomic mass is 32.2. The number of nitrogens with two attached hydrogens (primary N) is 1. The number of anilines is 1. The van der Waals surface area contributed by atoms with Crippen LogP contribution in [0.3, 0.4) is 0 Å². The summed E-state index contributed by atoms with van der Waals surface area (Å²) < 4.78 is 10.8. The van der Waals surface area contributed by atoms with Crippen LogP contribution in [-0.2, 0) is 0 Å². The lowest BCUT2D eigenvalue weighted by Crippen LogP contribution is -2.10. The first kappa shape index (κ1) is 13.6. The van der Waals surface area contributed by atoms with E-state index in [1.807, 2.05) is 27.7 Å². The fourth-order valence-corrected chi connectivity index (χ4v) is 2.00. The van der Waals surface area contributed by atoms with E-state index >= 15 is 0 Å². The minimum Gasteiger partial charge on any atom is -0.461 e. The van der Waals surface area contributed by atoms with Crippen LogP contribution in [-0.4, -0.2) is 26.0 Å². The van der Waals surface area contributed by atoms with E-state index in [9.17, 15) is 0 Å². The molecule has 0 aliphatic carbocycles. The average molecular weight is 281 g/mol. The van der Waals surface area contributed by atoms with Crippen molar-refractivity contribution in [2.24, 2.45) is 0 Å². The third-order valence-electron chi connectivity index (χ3n) is 2.14. The molecule has 7 nitrogen and oxygen atoms in total. The first-order chi connectivity index (χ1) is 8.94. The van der Waals surface area contributed by atoms with Gasteiger partial charge in [0.25, 0.3) is 5.22 Å². The van der Waals surface area contributed by atoms with E-state index in [0.29, 0.717) is 10.4 Å². The molecule has 0 atom stereocenters. The van der Waals surface area contributed by atoms with Crippen molar-refractivity contribution in [3.8, 4) is 6.01 Å². The van der Waals surface area contributed by atoms with Crippen LogP contribution in [0.2, 0.25) is 0 Å². The molecule has 2 N–H and O–H groups in total. The molecule has 2 aromatic heterocycles. The first-order valence-electron chi connectivity index (χ1n) is 5.74. The molecule has 0 saturated heterocycles. The van der Waals surface area contributed by atoms with E-state index in [2.05, 4.69) is 19.9 Å². The smallest absolute Gasteiger partial charge is 0.322 e. The summed E-state index contributed by atoms with van der Waals surface area (Å²) in [4.78, 5) is 16.3. The van der Waals surface area contributed by atoms with E-state index in [1.165, 1.54) is 11.8 Å². The molecular weight excluding hydrogens is 266 g/mol. The van der Waals surface area contributed by atoms with Crippen LogP contribution < -0.4 is 10.5 Å². The Morgan fingerprint density at radius 2 is 1.89 bits per heavy atom. The Morgan fingerprint density at radius 1 is 1.16 bits per heavy atom. The number of ether oxygens (including phenoxy) is 1. The highest BCUT2D eigenvalue weighted by Gasteiger charge is 2.13. The minimum absolute atomic E-state index is 0.0362. The molecule has 0 aromatic carbocycles. The topological polar surface area (TPSA) is 100.0 Å². The minimum atomic E-state index is -0.0362. The van der Waals surface area contributed by atoms with E-state index < -0.39 is 0 Å². The van der Waals surface area contributed by atoms with Crippen LogP contribution in [0, 0.1) is 13.8 Å². The molecule has 0 fully saturated rings. The van der Waals surface area contributed by atoms with Gasteiger partial charge in [-0.1, -0.05) is 0 Å². The van der Waals surface area contributed by atoms with Crippen molar-refractivity contribution in [1.29, 1.82) is 0 Å². The van der Waals surface area contributed by atoms with E-state index in [4.69, 9.17) is 14.9 Å². The summed E-state index contributed by atoms with van der Waals surface area (Å²) in [7, 11) is 0. The normalized spacial score (nSPS) is 11.0. The van der Waals surface area contributed by atoms with Gasteiger partial charge in [-0.25, -0.2) is 4.98 Å². The lowest BCUT2D eigenvalue weighted by Gasteiger charge is -2.07. The van der Waals surface area contributed by atoms with Crippen molar-refractivity contribution in [2.45, 2.75) is 44.2 Å². The van der Waals surface area contributed by atoms with Gasteiger partial charge in [-0.3, -0.25) is 0 Å². The van der Waals surface area contributed by atoms with Gasteiger partial charge in [0, 0.05) is 11.8 Å². The quantitative estimate of drug-likeness (QED) is 0.908. The predicted molar refractivity (Wildman–Crippen MR) is 70.1 cm³/mol. The molecule has 2 aromatic rings. The van der Waals surface area contributed by atoms with Gasteiger partial charge in [0.15, 0.2) is 0 Å². The standard InChI is InChI=1S/C11H15N5O2S/c1-5(2)17-9-14-8(12)15-10(16-9)19-11-13-6(3)7(4)18-11/h5H,1-4H3,(H2,12,14,15,16). The summed E-state index contributed by atoms with van der Waals surface area (Å²) in [5, 5.41) is 0.862. The molecule has 8 heteroatoms. The molecule has 0 bridgehead atoms. The maximum absolute atomic E-state index is 5.62. The van der Waals surface area contributed by atoms with Crippen molar-refractivity contribution in [3.63, 3.8) is 0 Å². The number of aryl methyl sites for hydroxylation is 2. The van der Waals surface area contributed by atoms with Gasteiger partial charge in [0.05, 0.1) is 11.8 Å². The summed E-state index contributed by atoms with van der Waals surface area (Å²) in [5.74, 6) is 0.872. The molecular formula is C11H15N5O2S. The Morgan fingerprint density at radius 3 is 2.47 bits per heavy atom. The van der Waals surface area contributed by atoms with Crippen molar-refractivity contribution in [3.05, 3.63) is 11.5 Å². The van der Waals surface area contributed by atoms with E-state index in [1.54, 1.807) is 0 Å². The van der Waals surface area contributed by atoms with Gasteiger partial charge in [0.2, 0.25) is 11.1 Å². The summed E-state index contributed by atoms with van der Waals surface area (Å²) >= 11 is 1.18. The summed E-state index contributed by atoms with van der Waals surface area (Å²) in [6.07, 6.45) is -0.0362. The number of hydrogen-bond acceptors (Lipinski definition) is 8. The molecule has 0 radical (unpaired) electrons. The van der Waals surface area contributed by atoms with Crippen LogP contribution in [0.25, 0.3) is 0 Å². The fraction of sp³-hybridized carbons (Fsp3) is 0.455. The lowest BCUT2D eigenvalue weighted by atomic mass is 10.4. The first-order valence-corrected chi connectivity index (χ1v) is 6.56. The highest BCUT2D eigenvalue weighted by molar-refractivity contribution is 7.98. The van der Waals surface area contributed by atoms with Gasteiger partial charge in [-0.05, 0) is 27.7 Å². The molecule has 2 rings (SSSR count). The second kappa shape index (κ2) is 5.43. The van der Waals surface area contributed by atoms with Crippen LogP contribution in [0.5, 0.6) is 6.01 Å². The van der Waals surface area contributed by atoms with Crippen LogP contribution in [0.15, 0.2) is 14.8 Å². The molecule has 0 saturated carbocycles. The second-order valence-electron chi connectivity index (χ2n) is 4.15. The number of aromatic nitrogens is 4. The molecule has 0 unspecified atom stereocenters. The summed E-state index contributed by atoms with van der Waals surface area (Å²) in [5.41, 5.74) is 6.45. The zero-order chi connectivity index (χ0) is 14.0. The molecule has 0 aliphatic heterocycles. The summed E-state index contributed by atoms with van der Waals surface area (Å²) in [6, 6.07) is 0.199. The van der Waals surface area contributed by atoms with Gasteiger partial charge < -0.3 is 14.9 Å². The predicted octanol–water partition coefficient (Wildman–Crippen LogP) is 2.00. The summed E-state index contributed by atoms with van der Waals surface area (Å²) in [6.45, 7) is 7.49. The van der Waals surface area contributed by atoms with Gasteiger partial charge in [0.1, 0.15) is 5.76 Å². The van der Waals surface area contributed by atoms with E-state index in [0.717, 1.165) is 11.5 Å². The van der Waals surface area contributed by atoms with Crippen LogP contribution in [0.1, 0.15) is 25.3 Å². The van der Waals surface area contributed by atoms with Crippen molar-refractivity contribution in [1.82, 2.24) is 19.9 Å². The lowest BCUT2D eigenvalue weighted by molar-refractivity contribution is 0.219. The number of rotatable bonds is 4. The van der Waals surface area contributed by atoms with Crippen LogP contribution >= 0.6 is 11.8 Å². The third-order valence-corrected chi connectivity index (χ3v) is 2.85. The Bertz CT molecular complexity index is 565. The third kappa shape index (κ3) is 3.57. The second-order valence-corrected chi connectivity index (χ2v) is 5.07. The Kier molecular flexibility index (Phi) is 3.89. The SMILES string of the molecule is Cc1nc(Sc2nc(N)nc(OC(C)C)n2)oc1C. The Balaban J connectivity index is 2.22. The maximum atomic E-state index is 5.62. The van der Waals surface area contributed by atoms with Gasteiger partial charge in [-0.15, -0.1) is 0 Å². The molecule has 0 amide bonds. The fourth-order valence-electron chi connectivity index (χ4n) is 1.23. The Hall–Kier alpha value is -1.83. The van der Waals surface area contributed by atoms with Crippen molar-refractivity contribution >= 4 is 17.7 Å². The van der Waals surface area contributed by atoms with Crippen molar-refractivity contribution in [2.75, 3.05) is 5.73 Å². The van der Waals surface area contributed by atoms with Gasteiger partial charge in [-0.2, -0.15) is 15.0 Å². The molecule has 19 heavy (non-hydrogen) atoms. The largest absolute Gasteiger partial charge is 0.461 e. The zero-order valence-corrected chi connectivity index (χ0v) is 12.0. The highest BCUT2D eigenvalue weighted by Crippen LogP contribution is 2.26. The number of nitrogen functional groups attached to an aromatic ring is 1. The number of hydrogen-bond donors (Lipinski definition) is 1. The monoisotopic (exact) mass is 281 g/mol. The van der Waals surface area contributed by atoms with Crippen LogP contribution in [0.4, 0.5) is 5.95 Å². The number of oxazole rings is 1. The molecule has 2 heterocycles. The average Bonchev–Trinajstić information content (AvgIpc) is 2.55. The van der Waals surface area contributed by atoms with E-state index in [-0.39, 0.29) is 18.1 Å². The number of nitrogens with zero attached hydrogens (tertiary/aromatic N) is 4.